The normalized spacial score (nSPS) is 11.3. The standard InChI is InChI=1S/C20H19FN2O3S2/c1-13-7-8-17(11-14(13)2)23(3)28(25,26)18-9-10-27-19(18)20(24)22-16-6-4-5-15(21)12-16/h4-12H,1-3H3,(H,22,24). The van der Waals surface area contributed by atoms with E-state index in [1.807, 2.05) is 19.9 Å². The van der Waals surface area contributed by atoms with Crippen molar-refractivity contribution in [2.45, 2.75) is 18.7 Å². The van der Waals surface area contributed by atoms with Gasteiger partial charge in [-0.1, -0.05) is 12.1 Å². The summed E-state index contributed by atoms with van der Waals surface area (Å²) in [5, 5.41) is 4.08. The maximum atomic E-state index is 13.3. The highest BCUT2D eigenvalue weighted by molar-refractivity contribution is 7.93. The van der Waals surface area contributed by atoms with Crippen LogP contribution >= 0.6 is 11.3 Å². The van der Waals surface area contributed by atoms with E-state index in [0.29, 0.717) is 5.69 Å². The molecule has 0 saturated carbocycles. The van der Waals surface area contributed by atoms with Crippen LogP contribution < -0.4 is 9.62 Å². The van der Waals surface area contributed by atoms with Gasteiger partial charge in [0.2, 0.25) is 0 Å². The third-order valence-electron chi connectivity index (χ3n) is 4.41. The number of hydrogen-bond acceptors (Lipinski definition) is 4. The molecule has 1 heterocycles. The summed E-state index contributed by atoms with van der Waals surface area (Å²) in [5.41, 5.74) is 2.78. The fourth-order valence-corrected chi connectivity index (χ4v) is 5.11. The van der Waals surface area contributed by atoms with Crippen LogP contribution in [0.4, 0.5) is 15.8 Å². The van der Waals surface area contributed by atoms with E-state index in [4.69, 9.17) is 0 Å². The molecule has 0 aliphatic carbocycles. The first-order chi connectivity index (χ1) is 13.2. The van der Waals surface area contributed by atoms with Gasteiger partial charge >= 0.3 is 0 Å². The lowest BCUT2D eigenvalue weighted by molar-refractivity contribution is 0.102. The van der Waals surface area contributed by atoms with Crippen LogP contribution in [0.15, 0.2) is 58.8 Å². The highest BCUT2D eigenvalue weighted by Gasteiger charge is 2.28. The Morgan fingerprint density at radius 1 is 1.07 bits per heavy atom. The Hall–Kier alpha value is -2.71. The monoisotopic (exact) mass is 418 g/mol. The molecule has 3 rings (SSSR count). The Morgan fingerprint density at radius 3 is 2.50 bits per heavy atom. The van der Waals surface area contributed by atoms with E-state index in [1.165, 1.54) is 37.4 Å². The molecule has 0 bridgehead atoms. The maximum absolute atomic E-state index is 13.3. The van der Waals surface area contributed by atoms with Gasteiger partial charge in [0.15, 0.2) is 0 Å². The molecule has 0 saturated heterocycles. The molecule has 2 aromatic carbocycles. The second-order valence-electron chi connectivity index (χ2n) is 6.32. The summed E-state index contributed by atoms with van der Waals surface area (Å²) in [5.74, 6) is -1.10. The van der Waals surface area contributed by atoms with Crippen molar-refractivity contribution in [1.29, 1.82) is 0 Å². The first-order valence-electron chi connectivity index (χ1n) is 8.41. The lowest BCUT2D eigenvalue weighted by Crippen LogP contribution is -2.28. The predicted octanol–water partition coefficient (Wildman–Crippen LogP) is 4.58. The van der Waals surface area contributed by atoms with Crippen molar-refractivity contribution in [3.05, 3.63) is 75.7 Å². The average Bonchev–Trinajstić information content (AvgIpc) is 3.14. The fraction of sp³-hybridized carbons (Fsp3) is 0.150. The van der Waals surface area contributed by atoms with E-state index < -0.39 is 21.7 Å². The van der Waals surface area contributed by atoms with Gasteiger partial charge in [-0.05, 0) is 66.8 Å². The second-order valence-corrected chi connectivity index (χ2v) is 9.17. The number of nitrogens with zero attached hydrogens (tertiary/aromatic N) is 1. The van der Waals surface area contributed by atoms with E-state index in [0.717, 1.165) is 26.8 Å². The number of benzene rings is 2. The highest BCUT2D eigenvalue weighted by atomic mass is 32.2. The highest BCUT2D eigenvalue weighted by Crippen LogP contribution is 2.29. The molecule has 28 heavy (non-hydrogen) atoms. The predicted molar refractivity (Wildman–Crippen MR) is 110 cm³/mol. The van der Waals surface area contributed by atoms with Crippen molar-refractivity contribution < 1.29 is 17.6 Å². The summed E-state index contributed by atoms with van der Waals surface area (Å²) in [6.45, 7) is 3.85. The lowest BCUT2D eigenvalue weighted by Gasteiger charge is -2.20. The van der Waals surface area contributed by atoms with E-state index in [1.54, 1.807) is 17.5 Å². The molecular formula is C20H19FN2O3S2. The molecule has 1 N–H and O–H groups in total. The largest absolute Gasteiger partial charge is 0.321 e. The second kappa shape index (κ2) is 7.73. The van der Waals surface area contributed by atoms with Gasteiger partial charge < -0.3 is 5.32 Å². The van der Waals surface area contributed by atoms with Crippen molar-refractivity contribution >= 4 is 38.6 Å². The first-order valence-corrected chi connectivity index (χ1v) is 10.7. The van der Waals surface area contributed by atoms with Crippen LogP contribution in [0.3, 0.4) is 0 Å². The number of aryl methyl sites for hydroxylation is 2. The minimum atomic E-state index is -3.95. The zero-order valence-electron chi connectivity index (χ0n) is 15.6. The van der Waals surface area contributed by atoms with Gasteiger partial charge in [0.25, 0.3) is 15.9 Å². The number of sulfonamides is 1. The zero-order chi connectivity index (χ0) is 20.5. The van der Waals surface area contributed by atoms with E-state index in [-0.39, 0.29) is 15.5 Å². The Morgan fingerprint density at radius 2 is 1.82 bits per heavy atom. The van der Waals surface area contributed by atoms with Gasteiger partial charge in [0.1, 0.15) is 15.6 Å². The van der Waals surface area contributed by atoms with Crippen LogP contribution in [0.5, 0.6) is 0 Å². The van der Waals surface area contributed by atoms with E-state index >= 15 is 0 Å². The van der Waals surface area contributed by atoms with Crippen molar-refractivity contribution in [3.8, 4) is 0 Å². The van der Waals surface area contributed by atoms with Crippen LogP contribution in [0.2, 0.25) is 0 Å². The van der Waals surface area contributed by atoms with Crippen LogP contribution in [-0.2, 0) is 10.0 Å². The molecule has 0 spiro atoms. The van der Waals surface area contributed by atoms with Gasteiger partial charge in [0.05, 0.1) is 5.69 Å². The molecule has 1 amide bonds. The molecule has 0 aliphatic rings. The smallest absolute Gasteiger partial charge is 0.267 e. The summed E-state index contributed by atoms with van der Waals surface area (Å²) < 4.78 is 40.7. The fourth-order valence-electron chi connectivity index (χ4n) is 2.63. The Balaban J connectivity index is 1.92. The third-order valence-corrected chi connectivity index (χ3v) is 7.28. The number of thiophene rings is 1. The topological polar surface area (TPSA) is 66.5 Å². The molecule has 0 atom stereocenters. The zero-order valence-corrected chi connectivity index (χ0v) is 17.2. The van der Waals surface area contributed by atoms with Crippen molar-refractivity contribution in [2.24, 2.45) is 0 Å². The molecular weight excluding hydrogens is 399 g/mol. The number of hydrogen-bond donors (Lipinski definition) is 1. The number of rotatable bonds is 5. The Kier molecular flexibility index (Phi) is 5.53. The van der Waals surface area contributed by atoms with Crippen LogP contribution in [0.25, 0.3) is 0 Å². The number of anilines is 2. The molecule has 0 aliphatic heterocycles. The van der Waals surface area contributed by atoms with Crippen molar-refractivity contribution in [1.82, 2.24) is 0 Å². The molecule has 5 nitrogen and oxygen atoms in total. The molecule has 3 aromatic rings. The number of halogens is 1. The van der Waals surface area contributed by atoms with Gasteiger partial charge in [0, 0.05) is 12.7 Å². The summed E-state index contributed by atoms with van der Waals surface area (Å²) in [7, 11) is -2.50. The van der Waals surface area contributed by atoms with Gasteiger partial charge in [-0.3, -0.25) is 9.10 Å². The summed E-state index contributed by atoms with van der Waals surface area (Å²) in [6, 6.07) is 12.2. The van der Waals surface area contributed by atoms with Gasteiger partial charge in [-0.2, -0.15) is 0 Å². The SMILES string of the molecule is Cc1ccc(N(C)S(=O)(=O)c2ccsc2C(=O)Nc2cccc(F)c2)cc1C. The van der Waals surface area contributed by atoms with E-state index in [2.05, 4.69) is 5.32 Å². The number of carbonyl (C=O) groups excluding carboxylic acids is 1. The molecule has 1 aromatic heterocycles. The van der Waals surface area contributed by atoms with Crippen LogP contribution in [-0.4, -0.2) is 21.4 Å². The number of nitrogens with one attached hydrogen (secondary N) is 1. The summed E-state index contributed by atoms with van der Waals surface area (Å²) in [6.07, 6.45) is 0. The van der Waals surface area contributed by atoms with Crippen molar-refractivity contribution in [3.63, 3.8) is 0 Å². The first kappa shape index (κ1) is 20.0. The molecule has 0 radical (unpaired) electrons. The van der Waals surface area contributed by atoms with Gasteiger partial charge in [-0.25, -0.2) is 12.8 Å². The summed E-state index contributed by atoms with van der Waals surface area (Å²) in [4.78, 5) is 12.6. The third kappa shape index (κ3) is 3.93. The molecule has 146 valence electrons. The molecule has 0 unspecified atom stereocenters. The van der Waals surface area contributed by atoms with Crippen LogP contribution in [0, 0.1) is 19.7 Å². The number of carbonyl (C=O) groups is 1. The molecule has 0 fully saturated rings. The Labute approximate surface area is 167 Å². The van der Waals surface area contributed by atoms with Gasteiger partial charge in [-0.15, -0.1) is 11.3 Å². The van der Waals surface area contributed by atoms with Crippen molar-refractivity contribution in [2.75, 3.05) is 16.7 Å². The minimum Gasteiger partial charge on any atom is -0.321 e. The number of amides is 1. The Bertz CT molecular complexity index is 1140. The summed E-state index contributed by atoms with van der Waals surface area (Å²) >= 11 is 1.01. The van der Waals surface area contributed by atoms with E-state index in [9.17, 15) is 17.6 Å². The lowest BCUT2D eigenvalue weighted by atomic mass is 10.1. The van der Waals surface area contributed by atoms with Crippen LogP contribution in [0.1, 0.15) is 20.8 Å². The minimum absolute atomic E-state index is 0.0416. The quantitative estimate of drug-likeness (QED) is 0.659. The molecule has 8 heteroatoms. The average molecular weight is 419 g/mol. The maximum Gasteiger partial charge on any atom is 0.267 e.